The first-order chi connectivity index (χ1) is 16.3. The van der Waals surface area contributed by atoms with Gasteiger partial charge in [-0.05, 0) is 32.4 Å². The molecule has 186 valence electrons. The van der Waals surface area contributed by atoms with Gasteiger partial charge < -0.3 is 24.4 Å². The van der Waals surface area contributed by atoms with E-state index in [2.05, 4.69) is 10.3 Å². The molecular weight excluding hydrogens is 438 g/mol. The van der Waals surface area contributed by atoms with Crippen molar-refractivity contribution in [1.29, 1.82) is 0 Å². The molecule has 0 aliphatic carbocycles. The Hall–Kier alpha value is -2.98. The van der Waals surface area contributed by atoms with E-state index in [9.17, 15) is 14.7 Å². The largest absolute Gasteiger partial charge is 0.415 e. The van der Waals surface area contributed by atoms with Crippen LogP contribution in [-0.4, -0.2) is 80.8 Å². The summed E-state index contributed by atoms with van der Waals surface area (Å²) < 4.78 is 13.4. The zero-order chi connectivity index (χ0) is 24.7. The van der Waals surface area contributed by atoms with Crippen molar-refractivity contribution in [3.05, 3.63) is 41.7 Å². The molecule has 2 amide bonds. The van der Waals surface area contributed by atoms with E-state index in [1.165, 1.54) is 4.90 Å². The molecule has 0 saturated carbocycles. The maximum atomic E-state index is 12.9. The summed E-state index contributed by atoms with van der Waals surface area (Å²) in [4.78, 5) is 28.8. The van der Waals surface area contributed by atoms with Crippen LogP contribution in [0, 0.1) is 12.8 Å². The van der Waals surface area contributed by atoms with Gasteiger partial charge in [0.1, 0.15) is 11.4 Å². The average Bonchev–Trinajstić information content (AvgIpc) is 3.27. The van der Waals surface area contributed by atoms with Crippen LogP contribution >= 0.6 is 0 Å². The van der Waals surface area contributed by atoms with Crippen molar-refractivity contribution in [1.82, 2.24) is 24.8 Å². The van der Waals surface area contributed by atoms with Crippen molar-refractivity contribution in [3.63, 3.8) is 0 Å². The van der Waals surface area contributed by atoms with Crippen molar-refractivity contribution in [2.45, 2.75) is 58.9 Å². The fourth-order valence-electron chi connectivity index (χ4n) is 3.82. The van der Waals surface area contributed by atoms with Crippen molar-refractivity contribution >= 4 is 12.0 Å². The van der Waals surface area contributed by atoms with Crippen LogP contribution in [0.1, 0.15) is 37.9 Å². The van der Waals surface area contributed by atoms with Gasteiger partial charge in [0.25, 0.3) is 0 Å². The maximum absolute atomic E-state index is 12.9. The number of hydrogen-bond donors (Lipinski definition) is 1. The van der Waals surface area contributed by atoms with E-state index in [4.69, 9.17) is 9.47 Å². The quantitative estimate of drug-likeness (QED) is 0.709. The number of rotatable bonds is 5. The van der Waals surface area contributed by atoms with E-state index in [1.54, 1.807) is 28.8 Å². The molecule has 1 aliphatic heterocycles. The number of aromatic nitrogens is 3. The molecule has 2 bridgehead atoms. The second-order valence-electron chi connectivity index (χ2n) is 9.04. The summed E-state index contributed by atoms with van der Waals surface area (Å²) in [6.45, 7) is 7.11. The highest BCUT2D eigenvalue weighted by Gasteiger charge is 2.29. The van der Waals surface area contributed by atoms with Gasteiger partial charge in [-0.2, -0.15) is 0 Å². The summed E-state index contributed by atoms with van der Waals surface area (Å²) in [5, 5.41) is 18.0. The van der Waals surface area contributed by atoms with Gasteiger partial charge in [0, 0.05) is 32.5 Å². The third-order valence-corrected chi connectivity index (χ3v) is 6.04. The summed E-state index contributed by atoms with van der Waals surface area (Å²) in [7, 11) is 1.66. The smallest absolute Gasteiger partial charge is 0.410 e. The summed E-state index contributed by atoms with van der Waals surface area (Å²) in [5.41, 5.74) is 1.76. The topological polar surface area (TPSA) is 110 Å². The van der Waals surface area contributed by atoms with Crippen LogP contribution in [0.4, 0.5) is 4.79 Å². The second kappa shape index (κ2) is 11.9. The van der Waals surface area contributed by atoms with Crippen LogP contribution < -0.4 is 4.74 Å². The number of amides is 2. The van der Waals surface area contributed by atoms with Crippen LogP contribution in [-0.2, 0) is 22.7 Å². The second-order valence-corrected chi connectivity index (χ2v) is 9.04. The lowest BCUT2D eigenvalue weighted by molar-refractivity contribution is -0.136. The number of nitrogens with zero attached hydrogens (tertiary/aromatic N) is 5. The Bertz CT molecular complexity index is 947. The molecule has 0 spiro atoms. The van der Waals surface area contributed by atoms with Crippen LogP contribution in [0.15, 0.2) is 30.5 Å². The number of benzene rings is 1. The van der Waals surface area contributed by atoms with Crippen molar-refractivity contribution in [2.75, 3.05) is 26.7 Å². The minimum Gasteiger partial charge on any atom is -0.410 e. The zero-order valence-electron chi connectivity index (χ0n) is 20.4. The molecule has 0 saturated heterocycles. The van der Waals surface area contributed by atoms with Gasteiger partial charge in [-0.3, -0.25) is 9.48 Å². The SMILES string of the molecule is Cc1ccc(OC(=O)N(C)C[C@H]2OCc3cn(nn3)CCCC(=O)N([C@@H](C)CO)C[C@@H]2C)cc1. The highest BCUT2D eigenvalue weighted by molar-refractivity contribution is 5.76. The van der Waals surface area contributed by atoms with Gasteiger partial charge >= 0.3 is 6.09 Å². The number of fused-ring (bicyclic) bond motifs is 2. The number of hydrogen-bond acceptors (Lipinski definition) is 7. The number of ether oxygens (including phenoxy) is 2. The number of likely N-dealkylation sites (N-methyl/N-ethyl adjacent to an activating group) is 1. The molecule has 0 unspecified atom stereocenters. The molecule has 1 aromatic carbocycles. The number of aliphatic hydroxyl groups excluding tert-OH is 1. The highest BCUT2D eigenvalue weighted by atomic mass is 16.6. The van der Waals surface area contributed by atoms with E-state index >= 15 is 0 Å². The lowest BCUT2D eigenvalue weighted by Crippen LogP contribution is -2.48. The molecule has 1 N–H and O–H groups in total. The molecule has 10 heteroatoms. The Labute approximate surface area is 200 Å². The van der Waals surface area contributed by atoms with Gasteiger partial charge in [0.05, 0.1) is 38.1 Å². The van der Waals surface area contributed by atoms with E-state index in [-0.39, 0.29) is 37.6 Å². The molecule has 1 aliphatic rings. The predicted octanol–water partition coefficient (Wildman–Crippen LogP) is 2.24. The van der Waals surface area contributed by atoms with Gasteiger partial charge in [-0.15, -0.1) is 5.10 Å². The van der Waals surface area contributed by atoms with Gasteiger partial charge in [-0.25, -0.2) is 4.79 Å². The van der Waals surface area contributed by atoms with E-state index < -0.39 is 12.2 Å². The van der Waals surface area contributed by atoms with Crippen molar-refractivity contribution in [3.8, 4) is 5.75 Å². The van der Waals surface area contributed by atoms with Gasteiger partial charge in [-0.1, -0.05) is 29.8 Å². The van der Waals surface area contributed by atoms with Crippen molar-refractivity contribution in [2.24, 2.45) is 5.92 Å². The van der Waals surface area contributed by atoms with Crippen LogP contribution in [0.5, 0.6) is 5.75 Å². The number of aliphatic hydroxyl groups is 1. The Kier molecular flexibility index (Phi) is 9.00. The van der Waals surface area contributed by atoms with E-state index in [0.29, 0.717) is 37.4 Å². The van der Waals surface area contributed by atoms with Crippen molar-refractivity contribution < 1.29 is 24.2 Å². The standard InChI is InChI=1S/C24H35N5O5/c1-17-7-9-21(10-8-17)34-24(32)27(4)14-22-18(2)12-29(19(3)15-30)23(31)6-5-11-28-13-20(16-33-22)25-26-28/h7-10,13,18-19,22,30H,5-6,11-12,14-16H2,1-4H3/t18-,19-,22+/m0/s1. The van der Waals surface area contributed by atoms with Gasteiger partial charge in [0.15, 0.2) is 0 Å². The van der Waals surface area contributed by atoms with Crippen LogP contribution in [0.3, 0.4) is 0 Å². The summed E-state index contributed by atoms with van der Waals surface area (Å²) in [6, 6.07) is 6.95. The molecule has 34 heavy (non-hydrogen) atoms. The van der Waals surface area contributed by atoms with E-state index in [1.807, 2.05) is 39.1 Å². The predicted molar refractivity (Wildman–Crippen MR) is 125 cm³/mol. The minimum absolute atomic E-state index is 0.0288. The number of carbonyl (C=O) groups is 2. The fourth-order valence-corrected chi connectivity index (χ4v) is 3.82. The highest BCUT2D eigenvalue weighted by Crippen LogP contribution is 2.18. The first-order valence-electron chi connectivity index (χ1n) is 11.7. The molecule has 2 heterocycles. The first kappa shape index (κ1) is 25.6. The average molecular weight is 474 g/mol. The zero-order valence-corrected chi connectivity index (χ0v) is 20.4. The normalized spacial score (nSPS) is 20.6. The van der Waals surface area contributed by atoms with Crippen LogP contribution in [0.25, 0.3) is 0 Å². The third-order valence-electron chi connectivity index (χ3n) is 6.04. The molecule has 10 nitrogen and oxygen atoms in total. The summed E-state index contributed by atoms with van der Waals surface area (Å²) >= 11 is 0. The summed E-state index contributed by atoms with van der Waals surface area (Å²) in [5.74, 6) is 0.318. The lowest BCUT2D eigenvalue weighted by atomic mass is 10.0. The molecule has 2 aromatic rings. The fraction of sp³-hybridized carbons (Fsp3) is 0.583. The maximum Gasteiger partial charge on any atom is 0.415 e. The Morgan fingerprint density at radius 3 is 2.79 bits per heavy atom. The van der Waals surface area contributed by atoms with Gasteiger partial charge in [0.2, 0.25) is 5.91 Å². The molecule has 3 rings (SSSR count). The monoisotopic (exact) mass is 473 g/mol. The summed E-state index contributed by atoms with van der Waals surface area (Å²) in [6.07, 6.45) is 1.89. The first-order valence-corrected chi connectivity index (χ1v) is 11.7. The minimum atomic E-state index is -0.495. The molecular formula is C24H35N5O5. The number of aryl methyl sites for hydroxylation is 2. The number of carbonyl (C=O) groups excluding carboxylic acids is 2. The Morgan fingerprint density at radius 1 is 1.35 bits per heavy atom. The lowest BCUT2D eigenvalue weighted by Gasteiger charge is -2.35. The van der Waals surface area contributed by atoms with Crippen LogP contribution in [0.2, 0.25) is 0 Å². The Balaban J connectivity index is 1.75. The molecule has 0 radical (unpaired) electrons. The molecule has 1 aromatic heterocycles. The third kappa shape index (κ3) is 7.01. The Morgan fingerprint density at radius 2 is 2.09 bits per heavy atom. The van der Waals surface area contributed by atoms with E-state index in [0.717, 1.165) is 5.56 Å². The molecule has 0 fully saturated rings. The molecule has 3 atom stereocenters.